The summed E-state index contributed by atoms with van der Waals surface area (Å²) in [5.41, 5.74) is 1.65. The monoisotopic (exact) mass is 636 g/mol. The smallest absolute Gasteiger partial charge is 0.408 e. The number of ether oxygens (including phenoxy) is 2. The van der Waals surface area contributed by atoms with Crippen LogP contribution in [-0.2, 0) is 14.8 Å². The van der Waals surface area contributed by atoms with Gasteiger partial charge in [0.15, 0.2) is 11.4 Å². The Bertz CT molecular complexity index is 1740. The van der Waals surface area contributed by atoms with Gasteiger partial charge in [0.1, 0.15) is 11.3 Å². The molecule has 3 aromatic rings. The maximum atomic E-state index is 13.4. The van der Waals surface area contributed by atoms with Gasteiger partial charge in [0.2, 0.25) is 5.95 Å². The zero-order valence-electron chi connectivity index (χ0n) is 27.0. The first-order chi connectivity index (χ1) is 20.8. The summed E-state index contributed by atoms with van der Waals surface area (Å²) in [6, 6.07) is 9.95. The number of carboxylic acid groups (broad SMARTS) is 1. The van der Waals surface area contributed by atoms with Crippen LogP contribution in [0.4, 0.5) is 10.7 Å². The van der Waals surface area contributed by atoms with Gasteiger partial charge in [0.25, 0.3) is 10.0 Å². The van der Waals surface area contributed by atoms with Crippen LogP contribution in [0.5, 0.6) is 5.75 Å². The third-order valence-corrected chi connectivity index (χ3v) is 7.60. The number of carbonyl (C=O) groups is 2. The van der Waals surface area contributed by atoms with Crippen LogP contribution in [0.15, 0.2) is 47.4 Å². The van der Waals surface area contributed by atoms with Crippen molar-refractivity contribution in [1.29, 1.82) is 0 Å². The number of aryl methyl sites for hydroxylation is 2. The van der Waals surface area contributed by atoms with Gasteiger partial charge in [-0.15, -0.1) is 0 Å². The second kappa shape index (κ2) is 13.6. The second-order valence-electron chi connectivity index (χ2n) is 12.7. The van der Waals surface area contributed by atoms with E-state index < -0.39 is 33.7 Å². The first kappa shape index (κ1) is 34.9. The molecule has 3 rings (SSSR count). The molecule has 0 saturated heterocycles. The third kappa shape index (κ3) is 9.68. The lowest BCUT2D eigenvalue weighted by Crippen LogP contribution is -2.40. The number of sulfonamides is 1. The van der Waals surface area contributed by atoms with Crippen molar-refractivity contribution in [3.05, 3.63) is 64.8 Å². The van der Waals surface area contributed by atoms with E-state index in [1.165, 1.54) is 25.3 Å². The molecule has 0 radical (unpaired) electrons. The number of carbonyl (C=O) groups excluding carboxylic acids is 1. The number of methoxy groups -OCH3 is 1. The summed E-state index contributed by atoms with van der Waals surface area (Å²) in [5, 5.41) is 12.2. The Morgan fingerprint density at radius 3 is 2.18 bits per heavy atom. The number of aromatic nitrogens is 2. The highest BCUT2D eigenvalue weighted by Gasteiger charge is 2.25. The van der Waals surface area contributed by atoms with Crippen LogP contribution in [0.3, 0.4) is 0 Å². The Morgan fingerprint density at radius 1 is 1.00 bits per heavy atom. The molecule has 12 heteroatoms. The number of alkyl carbamates (subject to hydrolysis) is 1. The molecule has 1 unspecified atom stereocenters. The number of anilines is 1. The predicted molar refractivity (Wildman–Crippen MR) is 172 cm³/mol. The molecule has 1 atom stereocenters. The molecule has 0 fully saturated rings. The van der Waals surface area contributed by atoms with Gasteiger partial charge < -0.3 is 19.9 Å². The van der Waals surface area contributed by atoms with Gasteiger partial charge in [0, 0.05) is 5.56 Å². The lowest BCUT2D eigenvalue weighted by Gasteiger charge is -2.25. The van der Waals surface area contributed by atoms with Gasteiger partial charge in [-0.05, 0) is 81.7 Å². The van der Waals surface area contributed by atoms with E-state index in [0.717, 1.165) is 17.2 Å². The molecule has 1 heterocycles. The molecule has 0 aliphatic rings. The Hall–Kier alpha value is -4.63. The van der Waals surface area contributed by atoms with Crippen molar-refractivity contribution in [3.8, 4) is 28.8 Å². The number of rotatable bonds is 8. The van der Waals surface area contributed by atoms with E-state index in [4.69, 9.17) is 9.47 Å². The third-order valence-electron chi connectivity index (χ3n) is 6.28. The number of nitrogens with one attached hydrogen (secondary N) is 2. The van der Waals surface area contributed by atoms with Gasteiger partial charge in [-0.3, -0.25) is 0 Å². The quantitative estimate of drug-likeness (QED) is 0.254. The fourth-order valence-electron chi connectivity index (χ4n) is 4.46. The molecule has 0 spiro atoms. The molecule has 11 nitrogen and oxygen atoms in total. The number of hydrogen-bond donors (Lipinski definition) is 3. The van der Waals surface area contributed by atoms with Crippen LogP contribution >= 0.6 is 0 Å². The molecule has 240 valence electrons. The van der Waals surface area contributed by atoms with Crippen molar-refractivity contribution in [3.63, 3.8) is 0 Å². The maximum absolute atomic E-state index is 13.4. The van der Waals surface area contributed by atoms with Crippen molar-refractivity contribution < 1.29 is 32.6 Å². The zero-order chi connectivity index (χ0) is 33.7. The van der Waals surface area contributed by atoms with E-state index in [0.29, 0.717) is 17.7 Å². The molecule has 3 N–H and O–H groups in total. The van der Waals surface area contributed by atoms with Crippen LogP contribution in [0.25, 0.3) is 11.3 Å². The highest BCUT2D eigenvalue weighted by atomic mass is 32.2. The van der Waals surface area contributed by atoms with E-state index in [-0.39, 0.29) is 33.3 Å². The average Bonchev–Trinajstić information content (AvgIpc) is 2.89. The molecule has 1 aromatic heterocycles. The molecule has 0 aliphatic carbocycles. The van der Waals surface area contributed by atoms with Crippen molar-refractivity contribution in [2.45, 2.75) is 78.3 Å². The van der Waals surface area contributed by atoms with Crippen LogP contribution < -0.4 is 14.8 Å². The number of hydrogen-bond acceptors (Lipinski definition) is 8. The van der Waals surface area contributed by atoms with Crippen molar-refractivity contribution in [2.75, 3.05) is 11.8 Å². The van der Waals surface area contributed by atoms with Gasteiger partial charge in [-0.2, -0.15) is 4.98 Å². The minimum Gasteiger partial charge on any atom is -0.492 e. The van der Waals surface area contributed by atoms with Crippen LogP contribution in [0.1, 0.15) is 75.1 Å². The van der Waals surface area contributed by atoms with Gasteiger partial charge in [-0.25, -0.2) is 27.7 Å². The van der Waals surface area contributed by atoms with E-state index in [1.54, 1.807) is 20.8 Å². The standard InChI is InChI=1S/C33H40N4O7S/c1-20-12-10-13-21(2)26(20)27-28(43-9)25(17-16-23(19-32(3,4)5)34-31(40)44-33(6,7)8)35-30(36-27)37-45(41,42)24-15-11-14-22(18-24)29(38)39/h10-15,18,23H,19H2,1-9H3,(H,34,40)(H,38,39)(H,35,36,37). The van der Waals surface area contributed by atoms with E-state index >= 15 is 0 Å². The summed E-state index contributed by atoms with van der Waals surface area (Å²) in [5.74, 6) is 4.68. The highest BCUT2D eigenvalue weighted by molar-refractivity contribution is 7.92. The summed E-state index contributed by atoms with van der Waals surface area (Å²) < 4.78 is 40.3. The van der Waals surface area contributed by atoms with Crippen LogP contribution in [0.2, 0.25) is 0 Å². The second-order valence-corrected chi connectivity index (χ2v) is 14.4. The van der Waals surface area contributed by atoms with Crippen molar-refractivity contribution >= 4 is 28.0 Å². The highest BCUT2D eigenvalue weighted by Crippen LogP contribution is 2.36. The lowest BCUT2D eigenvalue weighted by molar-refractivity contribution is 0.0507. The first-order valence-corrected chi connectivity index (χ1v) is 15.7. The van der Waals surface area contributed by atoms with E-state index in [9.17, 15) is 23.1 Å². The number of amides is 1. The van der Waals surface area contributed by atoms with Crippen molar-refractivity contribution in [1.82, 2.24) is 15.3 Å². The van der Waals surface area contributed by atoms with Gasteiger partial charge in [0.05, 0.1) is 23.6 Å². The minimum atomic E-state index is -4.31. The Kier molecular flexibility index (Phi) is 10.5. The van der Waals surface area contributed by atoms with E-state index in [1.807, 2.05) is 52.8 Å². The molecule has 0 aliphatic heterocycles. The number of nitrogens with zero attached hydrogens (tertiary/aromatic N) is 2. The fraction of sp³-hybridized carbons (Fsp3) is 0.394. The first-order valence-electron chi connectivity index (χ1n) is 14.2. The number of aromatic carboxylic acids is 1. The normalized spacial score (nSPS) is 12.4. The average molecular weight is 637 g/mol. The predicted octanol–water partition coefficient (Wildman–Crippen LogP) is 5.95. The molecular formula is C33H40N4O7S. The number of benzene rings is 2. The summed E-state index contributed by atoms with van der Waals surface area (Å²) >= 11 is 0. The topological polar surface area (TPSA) is 157 Å². The SMILES string of the molecule is COc1c(C#CC(CC(C)(C)C)NC(=O)OC(C)(C)C)nc(NS(=O)(=O)c2cccc(C(=O)O)c2)nc1-c1c(C)cccc1C. The summed E-state index contributed by atoms with van der Waals surface area (Å²) in [6.07, 6.45) is -0.163. The Labute approximate surface area is 264 Å². The summed E-state index contributed by atoms with van der Waals surface area (Å²) in [4.78, 5) is 32.8. The molecule has 1 amide bonds. The Balaban J connectivity index is 2.21. The van der Waals surface area contributed by atoms with Crippen LogP contribution in [-0.4, -0.2) is 54.3 Å². The van der Waals surface area contributed by atoms with Crippen LogP contribution in [0, 0.1) is 31.1 Å². The lowest BCUT2D eigenvalue weighted by atomic mass is 9.88. The van der Waals surface area contributed by atoms with Crippen molar-refractivity contribution in [2.24, 2.45) is 5.41 Å². The van der Waals surface area contributed by atoms with E-state index in [2.05, 4.69) is 31.8 Å². The molecule has 2 aromatic carbocycles. The Morgan fingerprint density at radius 2 is 1.62 bits per heavy atom. The molecular weight excluding hydrogens is 596 g/mol. The van der Waals surface area contributed by atoms with Gasteiger partial charge in [-0.1, -0.05) is 51.0 Å². The fourth-order valence-corrected chi connectivity index (χ4v) is 5.45. The maximum Gasteiger partial charge on any atom is 0.408 e. The molecule has 0 saturated carbocycles. The summed E-state index contributed by atoms with van der Waals surface area (Å²) in [6.45, 7) is 15.1. The van der Waals surface area contributed by atoms with Gasteiger partial charge >= 0.3 is 12.1 Å². The molecule has 45 heavy (non-hydrogen) atoms. The summed E-state index contributed by atoms with van der Waals surface area (Å²) in [7, 11) is -2.88. The largest absolute Gasteiger partial charge is 0.492 e. The minimum absolute atomic E-state index is 0.0760. The number of carboxylic acids is 1. The zero-order valence-corrected chi connectivity index (χ0v) is 27.8. The molecule has 0 bridgehead atoms.